The molecule has 1 atom stereocenters. The molecule has 1 fully saturated rings. The fourth-order valence-electron chi connectivity index (χ4n) is 3.51. The standard InChI is InChI=1S/C18H22N4O3S/c1-11-19-18-22(20-11)17(24)16(26-18)15(21-8-6-13(23)7-9-21)12-4-3-5-14(10-12)25-2/h3-5,10,13,15,23-24H,6-9H2,1-2H3/t15-/m0/s1. The maximum Gasteiger partial charge on any atom is 0.230 e. The zero-order chi connectivity index (χ0) is 18.3. The molecule has 2 N–H and O–H groups in total. The molecular formula is C18H22N4O3S. The lowest BCUT2D eigenvalue weighted by molar-refractivity contribution is 0.0689. The summed E-state index contributed by atoms with van der Waals surface area (Å²) in [6.07, 6.45) is 1.19. The van der Waals surface area contributed by atoms with E-state index in [1.165, 1.54) is 15.9 Å². The largest absolute Gasteiger partial charge is 0.497 e. The van der Waals surface area contributed by atoms with Gasteiger partial charge in [0.1, 0.15) is 11.6 Å². The molecule has 2 aromatic heterocycles. The monoisotopic (exact) mass is 374 g/mol. The van der Waals surface area contributed by atoms with Gasteiger partial charge in [-0.15, -0.1) is 5.10 Å². The number of hydrogen-bond acceptors (Lipinski definition) is 7. The molecule has 26 heavy (non-hydrogen) atoms. The van der Waals surface area contributed by atoms with Crippen LogP contribution in [0.15, 0.2) is 24.3 Å². The van der Waals surface area contributed by atoms with Crippen LogP contribution in [0.5, 0.6) is 11.6 Å². The Hall–Kier alpha value is -2.16. The van der Waals surface area contributed by atoms with Crippen LogP contribution >= 0.6 is 11.3 Å². The van der Waals surface area contributed by atoms with Crippen LogP contribution in [0.2, 0.25) is 0 Å². The number of fused-ring (bicyclic) bond motifs is 1. The molecule has 1 aliphatic heterocycles. The van der Waals surface area contributed by atoms with Crippen molar-refractivity contribution in [2.24, 2.45) is 0 Å². The lowest BCUT2D eigenvalue weighted by Gasteiger charge is -2.36. The van der Waals surface area contributed by atoms with E-state index in [0.717, 1.165) is 42.1 Å². The number of ether oxygens (including phenoxy) is 1. The summed E-state index contributed by atoms with van der Waals surface area (Å²) in [7, 11) is 1.65. The third-order valence-electron chi connectivity index (χ3n) is 4.83. The predicted octanol–water partition coefficient (Wildman–Crippen LogP) is 2.36. The Morgan fingerprint density at radius 3 is 2.77 bits per heavy atom. The summed E-state index contributed by atoms with van der Waals surface area (Å²) in [4.78, 5) is 8.17. The first-order chi connectivity index (χ1) is 12.6. The van der Waals surface area contributed by atoms with Crippen molar-refractivity contribution in [3.63, 3.8) is 0 Å². The fraction of sp³-hybridized carbons (Fsp3) is 0.444. The highest BCUT2D eigenvalue weighted by molar-refractivity contribution is 7.17. The minimum absolute atomic E-state index is 0.129. The SMILES string of the molecule is COc1cccc([C@@H](c2sc3nc(C)nn3c2O)N2CCC(O)CC2)c1. The fourth-order valence-corrected chi connectivity index (χ4v) is 4.67. The molecule has 0 unspecified atom stereocenters. The minimum atomic E-state index is -0.254. The van der Waals surface area contributed by atoms with Crippen LogP contribution in [0.4, 0.5) is 0 Å². The maximum atomic E-state index is 10.8. The van der Waals surface area contributed by atoms with Crippen molar-refractivity contribution in [3.8, 4) is 11.6 Å². The Morgan fingerprint density at radius 2 is 2.08 bits per heavy atom. The van der Waals surface area contributed by atoms with E-state index >= 15 is 0 Å². The van der Waals surface area contributed by atoms with Gasteiger partial charge in [0.2, 0.25) is 10.8 Å². The molecule has 3 aromatic rings. The summed E-state index contributed by atoms with van der Waals surface area (Å²) in [6.45, 7) is 3.33. The summed E-state index contributed by atoms with van der Waals surface area (Å²) < 4.78 is 6.89. The Bertz CT molecular complexity index is 914. The number of aromatic hydroxyl groups is 1. The highest BCUT2D eigenvalue weighted by atomic mass is 32.1. The highest BCUT2D eigenvalue weighted by Crippen LogP contribution is 2.41. The maximum absolute atomic E-state index is 10.8. The normalized spacial score (nSPS) is 17.7. The van der Waals surface area contributed by atoms with Gasteiger partial charge in [-0.05, 0) is 37.5 Å². The Balaban J connectivity index is 1.80. The van der Waals surface area contributed by atoms with Crippen LogP contribution in [0.1, 0.15) is 35.1 Å². The quantitative estimate of drug-likeness (QED) is 0.729. The number of nitrogens with zero attached hydrogens (tertiary/aromatic N) is 4. The third kappa shape index (κ3) is 3.04. The van der Waals surface area contributed by atoms with Gasteiger partial charge in [-0.3, -0.25) is 4.90 Å². The summed E-state index contributed by atoms with van der Waals surface area (Å²) in [5.74, 6) is 1.54. The molecular weight excluding hydrogens is 352 g/mol. The van der Waals surface area contributed by atoms with Crippen LogP contribution < -0.4 is 4.74 Å². The topological polar surface area (TPSA) is 83.1 Å². The average molecular weight is 374 g/mol. The first-order valence-electron chi connectivity index (χ1n) is 8.68. The lowest BCUT2D eigenvalue weighted by Crippen LogP contribution is -2.38. The number of thiazole rings is 1. The van der Waals surface area contributed by atoms with Crippen molar-refractivity contribution < 1.29 is 14.9 Å². The van der Waals surface area contributed by atoms with Gasteiger partial charge >= 0.3 is 0 Å². The van der Waals surface area contributed by atoms with Gasteiger partial charge in [0.15, 0.2) is 0 Å². The van der Waals surface area contributed by atoms with Gasteiger partial charge in [-0.2, -0.15) is 4.52 Å². The Labute approximate surface area is 155 Å². The zero-order valence-corrected chi connectivity index (χ0v) is 15.6. The molecule has 0 radical (unpaired) electrons. The van der Waals surface area contributed by atoms with E-state index in [4.69, 9.17) is 4.74 Å². The molecule has 8 heteroatoms. The summed E-state index contributed by atoms with van der Waals surface area (Å²) in [6, 6.07) is 7.77. The molecule has 138 valence electrons. The number of aliphatic hydroxyl groups is 1. The number of piperidine rings is 1. The number of hydrogen-bond donors (Lipinski definition) is 2. The number of aromatic nitrogens is 3. The van der Waals surface area contributed by atoms with Crippen molar-refractivity contribution in [2.45, 2.75) is 31.9 Å². The molecule has 3 heterocycles. The number of methoxy groups -OCH3 is 1. The van der Waals surface area contributed by atoms with Gasteiger partial charge in [-0.25, -0.2) is 4.98 Å². The summed E-state index contributed by atoms with van der Waals surface area (Å²) >= 11 is 1.45. The van der Waals surface area contributed by atoms with Crippen LogP contribution in [0.25, 0.3) is 4.96 Å². The third-order valence-corrected chi connectivity index (χ3v) is 5.90. The molecule has 0 aliphatic carbocycles. The number of benzene rings is 1. The van der Waals surface area contributed by atoms with Gasteiger partial charge in [0.05, 0.1) is 24.1 Å². The van der Waals surface area contributed by atoms with E-state index in [0.29, 0.717) is 10.8 Å². The first kappa shape index (κ1) is 17.3. The summed E-state index contributed by atoms with van der Waals surface area (Å²) in [5, 5.41) is 25.0. The van der Waals surface area contributed by atoms with Gasteiger partial charge in [0, 0.05) is 13.1 Å². The molecule has 1 saturated heterocycles. The number of aryl methyl sites for hydroxylation is 1. The number of likely N-dealkylation sites (tertiary alicyclic amines) is 1. The van der Waals surface area contributed by atoms with E-state index in [1.54, 1.807) is 7.11 Å². The minimum Gasteiger partial charge on any atom is -0.497 e. The van der Waals surface area contributed by atoms with E-state index < -0.39 is 0 Å². The van der Waals surface area contributed by atoms with Crippen molar-refractivity contribution in [2.75, 3.05) is 20.2 Å². The van der Waals surface area contributed by atoms with E-state index in [9.17, 15) is 10.2 Å². The average Bonchev–Trinajstić information content (AvgIpc) is 3.15. The molecule has 1 aromatic carbocycles. The second-order valence-electron chi connectivity index (χ2n) is 6.59. The van der Waals surface area contributed by atoms with E-state index in [1.807, 2.05) is 31.2 Å². The van der Waals surface area contributed by atoms with Crippen molar-refractivity contribution >= 4 is 16.3 Å². The number of aliphatic hydroxyl groups excluding tert-OH is 1. The van der Waals surface area contributed by atoms with Crippen molar-refractivity contribution in [1.82, 2.24) is 19.5 Å². The van der Waals surface area contributed by atoms with Crippen molar-refractivity contribution in [1.29, 1.82) is 0 Å². The summed E-state index contributed by atoms with van der Waals surface area (Å²) in [5.41, 5.74) is 1.04. The second kappa shape index (κ2) is 6.86. The lowest BCUT2D eigenvalue weighted by atomic mass is 9.99. The molecule has 1 aliphatic rings. The van der Waals surface area contributed by atoms with Crippen LogP contribution in [-0.2, 0) is 0 Å². The highest BCUT2D eigenvalue weighted by Gasteiger charge is 2.32. The Morgan fingerprint density at radius 1 is 1.31 bits per heavy atom. The smallest absolute Gasteiger partial charge is 0.230 e. The molecule has 0 bridgehead atoms. The molecule has 0 amide bonds. The molecule has 0 saturated carbocycles. The van der Waals surface area contributed by atoms with Gasteiger partial charge in [0.25, 0.3) is 0 Å². The predicted molar refractivity (Wildman–Crippen MR) is 98.9 cm³/mol. The van der Waals surface area contributed by atoms with E-state index in [-0.39, 0.29) is 18.0 Å². The van der Waals surface area contributed by atoms with Crippen LogP contribution in [-0.4, -0.2) is 56.0 Å². The molecule has 4 rings (SSSR count). The second-order valence-corrected chi connectivity index (χ2v) is 7.60. The molecule has 7 nitrogen and oxygen atoms in total. The van der Waals surface area contributed by atoms with Crippen LogP contribution in [0, 0.1) is 6.92 Å². The van der Waals surface area contributed by atoms with Gasteiger partial charge < -0.3 is 14.9 Å². The van der Waals surface area contributed by atoms with Crippen LogP contribution in [0.3, 0.4) is 0 Å². The Kier molecular flexibility index (Phi) is 4.56. The first-order valence-corrected chi connectivity index (χ1v) is 9.49. The molecule has 0 spiro atoms. The van der Waals surface area contributed by atoms with Gasteiger partial charge in [-0.1, -0.05) is 23.5 Å². The number of rotatable bonds is 4. The van der Waals surface area contributed by atoms with Crippen molar-refractivity contribution in [3.05, 3.63) is 40.5 Å². The van der Waals surface area contributed by atoms with E-state index in [2.05, 4.69) is 15.0 Å². The zero-order valence-electron chi connectivity index (χ0n) is 14.8.